The lowest BCUT2D eigenvalue weighted by Crippen LogP contribution is -2.42. The van der Waals surface area contributed by atoms with Crippen molar-refractivity contribution in [3.05, 3.63) is 0 Å². The third-order valence-electron chi connectivity index (χ3n) is 3.94. The molecule has 2 amide bonds. The van der Waals surface area contributed by atoms with E-state index in [1.807, 2.05) is 20.8 Å². The average Bonchev–Trinajstić information content (AvgIpc) is 2.63. The minimum Gasteiger partial charge on any atom is -0.443 e. The van der Waals surface area contributed by atoms with Crippen LogP contribution in [0.15, 0.2) is 0 Å². The number of ether oxygens (including phenoxy) is 1. The second kappa shape index (κ2) is 5.51. The first-order chi connectivity index (χ1) is 8.88. The summed E-state index contributed by atoms with van der Waals surface area (Å²) in [4.78, 5) is 26.0. The van der Waals surface area contributed by atoms with Gasteiger partial charge < -0.3 is 4.74 Å². The van der Waals surface area contributed by atoms with Gasteiger partial charge in [-0.3, -0.25) is 4.79 Å². The molecular formula is C15H25NO3. The Hall–Kier alpha value is -1.06. The summed E-state index contributed by atoms with van der Waals surface area (Å²) in [7, 11) is 0. The van der Waals surface area contributed by atoms with Crippen LogP contribution in [0.1, 0.15) is 65.7 Å². The van der Waals surface area contributed by atoms with Crippen molar-refractivity contribution in [1.29, 1.82) is 0 Å². The molecular weight excluding hydrogens is 242 g/mol. The molecule has 2 fully saturated rings. The number of hydrogen-bond acceptors (Lipinski definition) is 3. The number of hydrogen-bond donors (Lipinski definition) is 0. The molecule has 4 nitrogen and oxygen atoms in total. The molecule has 0 radical (unpaired) electrons. The third-order valence-corrected chi connectivity index (χ3v) is 3.94. The minimum atomic E-state index is -0.545. The van der Waals surface area contributed by atoms with Crippen LogP contribution in [0, 0.1) is 5.92 Å². The minimum absolute atomic E-state index is 0.0128. The maximum absolute atomic E-state index is 12.4. The lowest BCUT2D eigenvalue weighted by atomic mass is 9.99. The fraction of sp³-hybridized carbons (Fsp3) is 0.867. The van der Waals surface area contributed by atoms with Gasteiger partial charge in [0.15, 0.2) is 0 Å². The van der Waals surface area contributed by atoms with Crippen LogP contribution in [0.4, 0.5) is 4.79 Å². The molecule has 2 atom stereocenters. The Kier molecular flexibility index (Phi) is 4.16. The first-order valence-electron chi connectivity index (χ1n) is 7.44. The molecule has 1 saturated carbocycles. The topological polar surface area (TPSA) is 46.6 Å². The number of rotatable bonds is 0. The van der Waals surface area contributed by atoms with Gasteiger partial charge in [0.25, 0.3) is 0 Å². The van der Waals surface area contributed by atoms with Crippen molar-refractivity contribution >= 4 is 12.0 Å². The summed E-state index contributed by atoms with van der Waals surface area (Å²) < 4.78 is 5.38. The highest BCUT2D eigenvalue weighted by molar-refractivity contribution is 5.95. The third kappa shape index (κ3) is 3.48. The van der Waals surface area contributed by atoms with Gasteiger partial charge in [-0.05, 0) is 40.0 Å². The van der Waals surface area contributed by atoms with E-state index in [4.69, 9.17) is 4.74 Å². The lowest BCUT2D eigenvalue weighted by molar-refractivity contribution is -0.131. The summed E-state index contributed by atoms with van der Waals surface area (Å²) in [6.07, 6.45) is 6.86. The largest absolute Gasteiger partial charge is 0.443 e. The maximum Gasteiger partial charge on any atom is 0.417 e. The van der Waals surface area contributed by atoms with E-state index in [0.29, 0.717) is 0 Å². The molecule has 108 valence electrons. The van der Waals surface area contributed by atoms with E-state index >= 15 is 0 Å². The van der Waals surface area contributed by atoms with E-state index in [2.05, 4.69) is 0 Å². The highest BCUT2D eigenvalue weighted by Gasteiger charge is 2.44. The summed E-state index contributed by atoms with van der Waals surface area (Å²) in [6.45, 7) is 5.50. The number of carbonyl (C=O) groups excluding carboxylic acids is 2. The number of carbonyl (C=O) groups is 2. The first-order valence-corrected chi connectivity index (χ1v) is 7.44. The molecule has 0 N–H and O–H groups in total. The zero-order chi connectivity index (χ0) is 14.0. The Bertz CT molecular complexity index is 359. The molecule has 0 spiro atoms. The average molecular weight is 267 g/mol. The molecule has 2 aliphatic rings. The van der Waals surface area contributed by atoms with Gasteiger partial charge in [-0.1, -0.05) is 25.7 Å². The molecule has 2 rings (SSSR count). The van der Waals surface area contributed by atoms with E-state index in [-0.39, 0.29) is 17.9 Å². The van der Waals surface area contributed by atoms with Crippen LogP contribution >= 0.6 is 0 Å². The van der Waals surface area contributed by atoms with Crippen LogP contribution < -0.4 is 0 Å². The van der Waals surface area contributed by atoms with Crippen LogP contribution in [0.3, 0.4) is 0 Å². The van der Waals surface area contributed by atoms with Crippen molar-refractivity contribution in [2.75, 3.05) is 0 Å². The molecule has 0 aromatic carbocycles. The smallest absolute Gasteiger partial charge is 0.417 e. The Labute approximate surface area is 115 Å². The van der Waals surface area contributed by atoms with Crippen molar-refractivity contribution in [2.45, 2.75) is 77.4 Å². The predicted molar refractivity (Wildman–Crippen MR) is 72.7 cm³/mol. The molecule has 0 aromatic rings. The molecule has 0 aromatic heterocycles. The highest BCUT2D eigenvalue weighted by Crippen LogP contribution is 2.34. The van der Waals surface area contributed by atoms with Crippen LogP contribution in [0.5, 0.6) is 0 Å². The van der Waals surface area contributed by atoms with Gasteiger partial charge in [0, 0.05) is 12.0 Å². The van der Waals surface area contributed by atoms with Crippen LogP contribution in [-0.4, -0.2) is 28.5 Å². The van der Waals surface area contributed by atoms with E-state index in [1.54, 1.807) is 0 Å². The monoisotopic (exact) mass is 267 g/mol. The van der Waals surface area contributed by atoms with Crippen molar-refractivity contribution in [3.63, 3.8) is 0 Å². The van der Waals surface area contributed by atoms with Gasteiger partial charge in [-0.15, -0.1) is 0 Å². The molecule has 1 heterocycles. The summed E-state index contributed by atoms with van der Waals surface area (Å²) in [5, 5.41) is 0. The van der Waals surface area contributed by atoms with Gasteiger partial charge in [-0.2, -0.15) is 0 Å². The molecule has 0 unspecified atom stereocenters. The zero-order valence-corrected chi connectivity index (χ0v) is 12.3. The Balaban J connectivity index is 2.10. The second-order valence-corrected chi connectivity index (χ2v) is 6.77. The summed E-state index contributed by atoms with van der Waals surface area (Å²) >= 11 is 0. The van der Waals surface area contributed by atoms with E-state index < -0.39 is 11.7 Å². The quantitative estimate of drug-likeness (QED) is 0.675. The van der Waals surface area contributed by atoms with Crippen LogP contribution in [-0.2, 0) is 9.53 Å². The number of nitrogens with zero attached hydrogens (tertiary/aromatic N) is 1. The van der Waals surface area contributed by atoms with Crippen LogP contribution in [0.25, 0.3) is 0 Å². The van der Waals surface area contributed by atoms with Crippen molar-refractivity contribution in [3.8, 4) is 0 Å². The van der Waals surface area contributed by atoms with Gasteiger partial charge in [0.1, 0.15) is 5.60 Å². The van der Waals surface area contributed by atoms with E-state index in [1.165, 1.54) is 17.7 Å². The fourth-order valence-electron chi connectivity index (χ4n) is 3.07. The normalized spacial score (nSPS) is 28.6. The van der Waals surface area contributed by atoms with Gasteiger partial charge in [-0.25, -0.2) is 9.69 Å². The number of imide groups is 1. The molecule has 1 aliphatic carbocycles. The number of likely N-dealkylation sites (tertiary alicyclic amines) is 1. The Morgan fingerprint density at radius 1 is 1.16 bits per heavy atom. The van der Waals surface area contributed by atoms with E-state index in [9.17, 15) is 9.59 Å². The summed E-state index contributed by atoms with van der Waals surface area (Å²) in [5.41, 5.74) is -0.545. The molecule has 2 bridgehead atoms. The van der Waals surface area contributed by atoms with E-state index in [0.717, 1.165) is 32.1 Å². The SMILES string of the molecule is CC(C)(C)OC(=O)N1C(=O)[C@H]2CCCCCC[C@@H]1C2. The van der Waals surface area contributed by atoms with Gasteiger partial charge in [0.2, 0.25) is 5.91 Å². The van der Waals surface area contributed by atoms with Gasteiger partial charge >= 0.3 is 6.09 Å². The first kappa shape index (κ1) is 14.4. The lowest BCUT2D eigenvalue weighted by Gasteiger charge is -2.27. The molecule has 4 heteroatoms. The van der Waals surface area contributed by atoms with Crippen molar-refractivity contribution in [1.82, 2.24) is 4.90 Å². The Morgan fingerprint density at radius 3 is 2.42 bits per heavy atom. The summed E-state index contributed by atoms with van der Waals surface area (Å²) in [5.74, 6) is 0.0248. The number of fused-ring (bicyclic) bond motifs is 2. The maximum atomic E-state index is 12.4. The summed E-state index contributed by atoms with van der Waals surface area (Å²) in [6, 6.07) is 0.0606. The fourth-order valence-corrected chi connectivity index (χ4v) is 3.07. The second-order valence-electron chi connectivity index (χ2n) is 6.77. The number of amides is 2. The van der Waals surface area contributed by atoms with Gasteiger partial charge in [0.05, 0.1) is 0 Å². The van der Waals surface area contributed by atoms with Crippen molar-refractivity contribution in [2.24, 2.45) is 5.92 Å². The zero-order valence-electron chi connectivity index (χ0n) is 12.3. The Morgan fingerprint density at radius 2 is 1.79 bits per heavy atom. The standard InChI is InChI=1S/C15H25NO3/c1-15(2,3)19-14(18)16-12-9-7-5-4-6-8-11(10-12)13(16)17/h11-12H,4-10H2,1-3H3/t11-,12+/m0/s1. The molecule has 1 aliphatic heterocycles. The predicted octanol–water partition coefficient (Wildman–Crippen LogP) is 3.49. The van der Waals surface area contributed by atoms with Crippen molar-refractivity contribution < 1.29 is 14.3 Å². The molecule has 1 saturated heterocycles. The molecule has 19 heavy (non-hydrogen) atoms. The van der Waals surface area contributed by atoms with Crippen LogP contribution in [0.2, 0.25) is 0 Å². The highest BCUT2D eigenvalue weighted by atomic mass is 16.6.